The minimum atomic E-state index is -0.233. The minimum absolute atomic E-state index is 0.233. The lowest BCUT2D eigenvalue weighted by Gasteiger charge is -2.16. The molecule has 1 aliphatic heterocycles. The lowest BCUT2D eigenvalue weighted by atomic mass is 10.2. The van der Waals surface area contributed by atoms with Crippen LogP contribution in [0.5, 0.6) is 0 Å². The summed E-state index contributed by atoms with van der Waals surface area (Å²) >= 11 is 5.89. The molecule has 1 fully saturated rings. The first-order chi connectivity index (χ1) is 10.2. The quantitative estimate of drug-likeness (QED) is 0.947. The highest BCUT2D eigenvalue weighted by molar-refractivity contribution is 6.31. The Labute approximate surface area is 128 Å². The predicted octanol–water partition coefficient (Wildman–Crippen LogP) is 2.98. The first-order valence-corrected chi connectivity index (χ1v) is 7.24. The van der Waals surface area contributed by atoms with Gasteiger partial charge in [0.25, 0.3) is 5.91 Å². The van der Waals surface area contributed by atoms with E-state index in [0.29, 0.717) is 16.4 Å². The summed E-state index contributed by atoms with van der Waals surface area (Å²) in [6.07, 6.45) is 3.82. The molecule has 0 radical (unpaired) electrons. The Morgan fingerprint density at radius 3 is 2.76 bits per heavy atom. The molecule has 1 aromatic heterocycles. The summed E-state index contributed by atoms with van der Waals surface area (Å²) in [7, 11) is 0. The lowest BCUT2D eigenvalue weighted by molar-refractivity contribution is 0.102. The average molecular weight is 303 g/mol. The summed E-state index contributed by atoms with van der Waals surface area (Å²) in [5, 5.41) is 3.30. The predicted molar refractivity (Wildman–Crippen MR) is 82.9 cm³/mol. The number of hydrogen-bond donors (Lipinski definition) is 1. The van der Waals surface area contributed by atoms with E-state index in [1.165, 1.54) is 19.2 Å². The first-order valence-electron chi connectivity index (χ1n) is 6.86. The van der Waals surface area contributed by atoms with E-state index < -0.39 is 0 Å². The van der Waals surface area contributed by atoms with Crippen LogP contribution in [0.2, 0.25) is 5.02 Å². The molecular weight excluding hydrogens is 288 g/mol. The zero-order valence-corrected chi connectivity index (χ0v) is 12.2. The van der Waals surface area contributed by atoms with Gasteiger partial charge >= 0.3 is 0 Å². The number of carbonyl (C=O) groups is 1. The van der Waals surface area contributed by atoms with Gasteiger partial charge in [-0.25, -0.2) is 9.97 Å². The third-order valence-corrected chi connectivity index (χ3v) is 3.65. The Hall–Kier alpha value is -2.14. The largest absolute Gasteiger partial charge is 0.356 e. The Bertz CT molecular complexity index is 656. The second kappa shape index (κ2) is 6.10. The zero-order chi connectivity index (χ0) is 14.7. The van der Waals surface area contributed by atoms with Crippen molar-refractivity contribution in [2.75, 3.05) is 23.3 Å². The maximum absolute atomic E-state index is 12.2. The third kappa shape index (κ3) is 3.31. The number of nitrogens with one attached hydrogen (secondary N) is 1. The van der Waals surface area contributed by atoms with Crippen LogP contribution in [0, 0.1) is 0 Å². The van der Waals surface area contributed by atoms with Crippen molar-refractivity contribution in [3.63, 3.8) is 0 Å². The molecule has 3 rings (SSSR count). The Morgan fingerprint density at radius 1 is 1.19 bits per heavy atom. The molecule has 5 nitrogen and oxygen atoms in total. The molecule has 1 amide bonds. The summed E-state index contributed by atoms with van der Waals surface area (Å²) in [6.45, 7) is 2.00. The number of halogens is 1. The van der Waals surface area contributed by atoms with E-state index in [9.17, 15) is 4.79 Å². The number of nitrogens with zero attached hydrogens (tertiary/aromatic N) is 3. The van der Waals surface area contributed by atoms with Gasteiger partial charge in [-0.2, -0.15) is 0 Å². The Kier molecular flexibility index (Phi) is 4.01. The monoisotopic (exact) mass is 302 g/mol. The molecule has 2 aromatic rings. The zero-order valence-electron chi connectivity index (χ0n) is 11.4. The van der Waals surface area contributed by atoms with Crippen molar-refractivity contribution in [1.82, 2.24) is 9.97 Å². The second-order valence-electron chi connectivity index (χ2n) is 4.92. The first kappa shape index (κ1) is 13.8. The van der Waals surface area contributed by atoms with Crippen LogP contribution in [0.1, 0.15) is 23.2 Å². The van der Waals surface area contributed by atoms with Crippen LogP contribution in [-0.4, -0.2) is 29.0 Å². The summed E-state index contributed by atoms with van der Waals surface area (Å²) in [6, 6.07) is 8.61. The molecule has 0 aliphatic carbocycles. The molecule has 0 spiro atoms. The van der Waals surface area contributed by atoms with Crippen LogP contribution in [0.15, 0.2) is 36.7 Å². The second-order valence-corrected chi connectivity index (χ2v) is 5.36. The Morgan fingerprint density at radius 2 is 2.00 bits per heavy atom. The average Bonchev–Trinajstić information content (AvgIpc) is 3.02. The molecule has 0 bridgehead atoms. The number of hydrogen-bond acceptors (Lipinski definition) is 4. The normalized spacial score (nSPS) is 14.2. The topological polar surface area (TPSA) is 58.1 Å². The van der Waals surface area contributed by atoms with Crippen molar-refractivity contribution < 1.29 is 4.79 Å². The van der Waals surface area contributed by atoms with Crippen molar-refractivity contribution in [3.05, 3.63) is 47.2 Å². The van der Waals surface area contributed by atoms with Crippen LogP contribution in [0.3, 0.4) is 0 Å². The maximum Gasteiger partial charge on any atom is 0.256 e. The van der Waals surface area contributed by atoms with Crippen LogP contribution < -0.4 is 10.2 Å². The van der Waals surface area contributed by atoms with Gasteiger partial charge in [0.15, 0.2) is 0 Å². The van der Waals surface area contributed by atoms with Crippen molar-refractivity contribution >= 4 is 29.1 Å². The number of carbonyl (C=O) groups excluding carboxylic acids is 1. The summed E-state index contributed by atoms with van der Waals surface area (Å²) < 4.78 is 0. The molecule has 0 atom stereocenters. The van der Waals surface area contributed by atoms with Gasteiger partial charge in [-0.15, -0.1) is 0 Å². The molecule has 1 N–H and O–H groups in total. The van der Waals surface area contributed by atoms with E-state index in [1.807, 2.05) is 0 Å². The smallest absolute Gasteiger partial charge is 0.256 e. The van der Waals surface area contributed by atoms with E-state index >= 15 is 0 Å². The van der Waals surface area contributed by atoms with Gasteiger partial charge in [-0.05, 0) is 31.0 Å². The van der Waals surface area contributed by atoms with Gasteiger partial charge in [-0.3, -0.25) is 4.79 Å². The van der Waals surface area contributed by atoms with Gasteiger partial charge < -0.3 is 10.2 Å². The highest BCUT2D eigenvalue weighted by atomic mass is 35.5. The maximum atomic E-state index is 12.2. The van der Waals surface area contributed by atoms with E-state index in [-0.39, 0.29) is 5.91 Å². The standard InChI is InChI=1S/C15H15ClN4O/c16-12-5-3-4-11(8-12)15(21)19-13-9-14(18-10-17-13)20-6-1-2-7-20/h3-5,8-10H,1-2,6-7H2,(H,17,18,19,21). The third-order valence-electron chi connectivity index (χ3n) is 3.41. The van der Waals surface area contributed by atoms with Gasteiger partial charge in [0.1, 0.15) is 18.0 Å². The highest BCUT2D eigenvalue weighted by Crippen LogP contribution is 2.20. The van der Waals surface area contributed by atoms with E-state index in [1.54, 1.807) is 30.3 Å². The molecule has 108 valence electrons. The number of aromatic nitrogens is 2. The fourth-order valence-electron chi connectivity index (χ4n) is 2.35. The molecule has 0 unspecified atom stereocenters. The van der Waals surface area contributed by atoms with E-state index in [0.717, 1.165) is 18.9 Å². The van der Waals surface area contributed by atoms with Crippen LogP contribution >= 0.6 is 11.6 Å². The van der Waals surface area contributed by atoms with Gasteiger partial charge in [-0.1, -0.05) is 17.7 Å². The molecular formula is C15H15ClN4O. The number of rotatable bonds is 3. The Balaban J connectivity index is 1.75. The fourth-order valence-corrected chi connectivity index (χ4v) is 2.54. The van der Waals surface area contributed by atoms with Crippen molar-refractivity contribution in [2.45, 2.75) is 12.8 Å². The van der Waals surface area contributed by atoms with Gasteiger partial charge in [0.2, 0.25) is 0 Å². The summed E-state index contributed by atoms with van der Waals surface area (Å²) in [5.74, 6) is 1.12. The lowest BCUT2D eigenvalue weighted by Crippen LogP contribution is -2.20. The van der Waals surface area contributed by atoms with Crippen LogP contribution in [-0.2, 0) is 0 Å². The molecule has 21 heavy (non-hydrogen) atoms. The van der Waals surface area contributed by atoms with Crippen LogP contribution in [0.4, 0.5) is 11.6 Å². The number of anilines is 2. The summed E-state index contributed by atoms with van der Waals surface area (Å²) in [4.78, 5) is 22.7. The van der Waals surface area contributed by atoms with E-state index in [2.05, 4.69) is 20.2 Å². The van der Waals surface area contributed by atoms with Crippen molar-refractivity contribution in [2.24, 2.45) is 0 Å². The number of amides is 1. The van der Waals surface area contributed by atoms with Gasteiger partial charge in [0.05, 0.1) is 0 Å². The highest BCUT2D eigenvalue weighted by Gasteiger charge is 2.15. The minimum Gasteiger partial charge on any atom is -0.356 e. The molecule has 6 heteroatoms. The summed E-state index contributed by atoms with van der Waals surface area (Å²) in [5.41, 5.74) is 0.504. The van der Waals surface area contributed by atoms with E-state index in [4.69, 9.17) is 11.6 Å². The van der Waals surface area contributed by atoms with Crippen molar-refractivity contribution in [1.29, 1.82) is 0 Å². The fraction of sp³-hybridized carbons (Fsp3) is 0.267. The molecule has 1 aliphatic rings. The van der Waals surface area contributed by atoms with Gasteiger partial charge in [0, 0.05) is 29.7 Å². The van der Waals surface area contributed by atoms with Crippen molar-refractivity contribution in [3.8, 4) is 0 Å². The van der Waals surface area contributed by atoms with Crippen LogP contribution in [0.25, 0.3) is 0 Å². The molecule has 1 aromatic carbocycles. The molecule has 1 saturated heterocycles. The number of benzene rings is 1. The molecule has 2 heterocycles. The molecule has 0 saturated carbocycles. The SMILES string of the molecule is O=C(Nc1cc(N2CCCC2)ncn1)c1cccc(Cl)c1.